The third kappa shape index (κ3) is 3.03. The van der Waals surface area contributed by atoms with Crippen molar-refractivity contribution in [2.75, 3.05) is 5.75 Å². The van der Waals surface area contributed by atoms with Crippen molar-refractivity contribution in [1.82, 2.24) is 25.0 Å². The van der Waals surface area contributed by atoms with Crippen molar-refractivity contribution in [2.45, 2.75) is 11.6 Å². The lowest BCUT2D eigenvalue weighted by Gasteiger charge is -2.02. The predicted molar refractivity (Wildman–Crippen MR) is 77.0 cm³/mol. The standard InChI is InChI=1S/C13H10FN5O2S/c14-9-3-1-8(2-4-9)5-19-12-11(17-18-19)13(16-7-15-12)22-6-10(20)21/h1-4,7H,5-6H2,(H,20,21). The number of carboxylic acids is 1. The molecular weight excluding hydrogens is 309 g/mol. The number of rotatable bonds is 5. The summed E-state index contributed by atoms with van der Waals surface area (Å²) >= 11 is 1.06. The number of aliphatic carboxylic acids is 1. The predicted octanol–water partition coefficient (Wildman–Crippen LogP) is 1.59. The molecule has 3 rings (SSSR count). The zero-order valence-corrected chi connectivity index (χ0v) is 12.0. The van der Waals surface area contributed by atoms with Gasteiger partial charge in [0.1, 0.15) is 17.2 Å². The molecule has 9 heteroatoms. The number of benzene rings is 1. The Kier molecular flexibility index (Phi) is 3.96. The lowest BCUT2D eigenvalue weighted by molar-refractivity contribution is -0.133. The summed E-state index contributed by atoms with van der Waals surface area (Å²) in [6, 6.07) is 6.06. The number of hydrogen-bond acceptors (Lipinski definition) is 6. The van der Waals surface area contributed by atoms with Crippen LogP contribution in [0.3, 0.4) is 0 Å². The van der Waals surface area contributed by atoms with E-state index in [9.17, 15) is 9.18 Å². The SMILES string of the molecule is O=C(O)CSc1ncnc2c1nnn2Cc1ccc(F)cc1. The van der Waals surface area contributed by atoms with E-state index in [2.05, 4.69) is 20.3 Å². The molecule has 0 radical (unpaired) electrons. The second-order valence-electron chi connectivity index (χ2n) is 4.41. The molecule has 0 bridgehead atoms. The maximum absolute atomic E-state index is 12.9. The van der Waals surface area contributed by atoms with E-state index < -0.39 is 5.97 Å². The Balaban J connectivity index is 1.90. The summed E-state index contributed by atoms with van der Waals surface area (Å²) < 4.78 is 14.5. The lowest BCUT2D eigenvalue weighted by atomic mass is 10.2. The molecule has 1 N–H and O–H groups in total. The Labute approximate surface area is 128 Å². The van der Waals surface area contributed by atoms with Crippen LogP contribution in [0.1, 0.15) is 5.56 Å². The molecule has 2 aromatic heterocycles. The van der Waals surface area contributed by atoms with Crippen LogP contribution in [-0.2, 0) is 11.3 Å². The molecule has 0 spiro atoms. The van der Waals surface area contributed by atoms with E-state index >= 15 is 0 Å². The highest BCUT2D eigenvalue weighted by Crippen LogP contribution is 2.22. The first kappa shape index (κ1) is 14.4. The normalized spacial score (nSPS) is 11.0. The molecule has 7 nitrogen and oxygen atoms in total. The van der Waals surface area contributed by atoms with E-state index in [0.29, 0.717) is 22.7 Å². The number of aromatic nitrogens is 5. The molecule has 2 heterocycles. The van der Waals surface area contributed by atoms with E-state index in [1.807, 2.05) is 0 Å². The van der Waals surface area contributed by atoms with Crippen LogP contribution >= 0.6 is 11.8 Å². The fourth-order valence-corrected chi connectivity index (χ4v) is 2.53. The molecular formula is C13H10FN5O2S. The highest BCUT2D eigenvalue weighted by molar-refractivity contribution is 8.00. The number of nitrogens with zero attached hydrogens (tertiary/aromatic N) is 5. The summed E-state index contributed by atoms with van der Waals surface area (Å²) in [5.74, 6) is -1.35. The van der Waals surface area contributed by atoms with Gasteiger partial charge in [0.05, 0.1) is 12.3 Å². The molecule has 0 aliphatic heterocycles. The zero-order valence-electron chi connectivity index (χ0n) is 11.2. The topological polar surface area (TPSA) is 93.8 Å². The maximum Gasteiger partial charge on any atom is 0.313 e. The van der Waals surface area contributed by atoms with Crippen LogP contribution in [0.2, 0.25) is 0 Å². The van der Waals surface area contributed by atoms with Crippen molar-refractivity contribution in [1.29, 1.82) is 0 Å². The maximum atomic E-state index is 12.9. The summed E-state index contributed by atoms with van der Waals surface area (Å²) in [5, 5.41) is 17.2. The van der Waals surface area contributed by atoms with Crippen LogP contribution < -0.4 is 0 Å². The average Bonchev–Trinajstić information content (AvgIpc) is 2.91. The zero-order chi connectivity index (χ0) is 15.5. The molecule has 0 unspecified atom stereocenters. The Morgan fingerprint density at radius 1 is 1.27 bits per heavy atom. The van der Waals surface area contributed by atoms with Crippen molar-refractivity contribution in [2.24, 2.45) is 0 Å². The first-order chi connectivity index (χ1) is 10.6. The molecule has 112 valence electrons. The summed E-state index contributed by atoms with van der Waals surface area (Å²) in [5.41, 5.74) is 1.81. The molecule has 22 heavy (non-hydrogen) atoms. The first-order valence-corrected chi connectivity index (χ1v) is 7.25. The fourth-order valence-electron chi connectivity index (χ4n) is 1.88. The van der Waals surface area contributed by atoms with E-state index in [1.54, 1.807) is 16.8 Å². The van der Waals surface area contributed by atoms with E-state index in [1.165, 1.54) is 18.5 Å². The van der Waals surface area contributed by atoms with Gasteiger partial charge in [-0.05, 0) is 17.7 Å². The quantitative estimate of drug-likeness (QED) is 0.563. The molecule has 0 aliphatic carbocycles. The average molecular weight is 319 g/mol. The van der Waals surface area contributed by atoms with Gasteiger partial charge in [0.15, 0.2) is 11.2 Å². The Morgan fingerprint density at radius 3 is 2.77 bits per heavy atom. The number of fused-ring (bicyclic) bond motifs is 1. The van der Waals surface area contributed by atoms with Crippen molar-refractivity contribution in [3.8, 4) is 0 Å². The highest BCUT2D eigenvalue weighted by atomic mass is 32.2. The minimum atomic E-state index is -0.935. The molecule has 0 fully saturated rings. The Hall–Kier alpha value is -2.55. The molecule has 0 amide bonds. The van der Waals surface area contributed by atoms with Gasteiger partial charge in [0.25, 0.3) is 0 Å². The Bertz CT molecular complexity index is 821. The number of carbonyl (C=O) groups is 1. The van der Waals surface area contributed by atoms with Crippen LogP contribution in [0.4, 0.5) is 4.39 Å². The first-order valence-electron chi connectivity index (χ1n) is 6.27. The minimum Gasteiger partial charge on any atom is -0.481 e. The van der Waals surface area contributed by atoms with Crippen molar-refractivity contribution >= 4 is 28.9 Å². The van der Waals surface area contributed by atoms with Gasteiger partial charge in [0.2, 0.25) is 0 Å². The smallest absolute Gasteiger partial charge is 0.313 e. The molecule has 0 saturated heterocycles. The number of carboxylic acid groups (broad SMARTS) is 1. The van der Waals surface area contributed by atoms with Crippen molar-refractivity contribution in [3.05, 3.63) is 42.0 Å². The van der Waals surface area contributed by atoms with Crippen LogP contribution in [0.25, 0.3) is 11.2 Å². The van der Waals surface area contributed by atoms with E-state index in [0.717, 1.165) is 17.3 Å². The fraction of sp³-hybridized carbons (Fsp3) is 0.154. The van der Waals surface area contributed by atoms with Crippen molar-refractivity contribution < 1.29 is 14.3 Å². The van der Waals surface area contributed by atoms with Gasteiger partial charge in [-0.3, -0.25) is 4.79 Å². The minimum absolute atomic E-state index is 0.114. The molecule has 0 saturated carbocycles. The molecule has 1 aromatic carbocycles. The van der Waals surface area contributed by atoms with Crippen LogP contribution in [-0.4, -0.2) is 41.8 Å². The van der Waals surface area contributed by atoms with Crippen molar-refractivity contribution in [3.63, 3.8) is 0 Å². The lowest BCUT2D eigenvalue weighted by Crippen LogP contribution is -2.03. The van der Waals surface area contributed by atoms with Gasteiger partial charge >= 0.3 is 5.97 Å². The van der Waals surface area contributed by atoms with Crippen LogP contribution in [0.5, 0.6) is 0 Å². The number of halogens is 1. The van der Waals surface area contributed by atoms with Crippen LogP contribution in [0.15, 0.2) is 35.6 Å². The van der Waals surface area contributed by atoms with Crippen LogP contribution in [0, 0.1) is 5.82 Å². The largest absolute Gasteiger partial charge is 0.481 e. The van der Waals surface area contributed by atoms with Gasteiger partial charge < -0.3 is 5.11 Å². The molecule has 0 aliphatic rings. The summed E-state index contributed by atoms with van der Waals surface area (Å²) in [4.78, 5) is 18.8. The van der Waals surface area contributed by atoms with Gasteiger partial charge in [0, 0.05) is 0 Å². The van der Waals surface area contributed by atoms with E-state index in [-0.39, 0.29) is 11.6 Å². The third-order valence-electron chi connectivity index (χ3n) is 2.84. The molecule has 3 aromatic rings. The van der Waals surface area contributed by atoms with Gasteiger partial charge in [-0.15, -0.1) is 5.10 Å². The Morgan fingerprint density at radius 2 is 2.05 bits per heavy atom. The second kappa shape index (κ2) is 6.06. The van der Waals surface area contributed by atoms with E-state index in [4.69, 9.17) is 5.11 Å². The number of thioether (sulfide) groups is 1. The highest BCUT2D eigenvalue weighted by Gasteiger charge is 2.13. The third-order valence-corrected chi connectivity index (χ3v) is 3.81. The monoisotopic (exact) mass is 319 g/mol. The molecule has 0 atom stereocenters. The van der Waals surface area contributed by atoms with Gasteiger partial charge in [-0.25, -0.2) is 19.0 Å². The summed E-state index contributed by atoms with van der Waals surface area (Å²) in [7, 11) is 0. The second-order valence-corrected chi connectivity index (χ2v) is 5.37. The van der Waals surface area contributed by atoms with Gasteiger partial charge in [-0.2, -0.15) is 0 Å². The summed E-state index contributed by atoms with van der Waals surface area (Å²) in [6.07, 6.45) is 1.34. The number of hydrogen-bond donors (Lipinski definition) is 1. The summed E-state index contributed by atoms with van der Waals surface area (Å²) in [6.45, 7) is 0.386. The van der Waals surface area contributed by atoms with Gasteiger partial charge in [-0.1, -0.05) is 29.1 Å².